The van der Waals surface area contributed by atoms with Crippen LogP contribution in [0, 0.1) is 23.7 Å². The molecular weight excluding hydrogens is 492 g/mol. The van der Waals surface area contributed by atoms with Gasteiger partial charge in [0.15, 0.2) is 0 Å². The molecule has 2 N–H and O–H groups in total. The third-order valence-corrected chi connectivity index (χ3v) is 9.80. The number of carboxylic acids is 2. The van der Waals surface area contributed by atoms with Gasteiger partial charge in [0, 0.05) is 5.41 Å². The lowest BCUT2D eigenvalue weighted by molar-refractivity contribution is -0.140. The first-order valence-corrected chi connectivity index (χ1v) is 14.7. The fraction of sp³-hybridized carbons (Fsp3) is 0.576. The van der Waals surface area contributed by atoms with Gasteiger partial charge < -0.3 is 19.7 Å². The minimum absolute atomic E-state index is 0.0486. The molecule has 0 radical (unpaired) electrons. The van der Waals surface area contributed by atoms with Crippen LogP contribution in [0.15, 0.2) is 48.5 Å². The summed E-state index contributed by atoms with van der Waals surface area (Å²) in [5.74, 6) is -0.0150. The predicted octanol–water partition coefficient (Wildman–Crippen LogP) is 6.55. The summed E-state index contributed by atoms with van der Waals surface area (Å²) < 4.78 is 12.2. The van der Waals surface area contributed by atoms with E-state index < -0.39 is 11.9 Å². The minimum atomic E-state index is -0.814. The number of fused-ring (bicyclic) bond motifs is 3. The van der Waals surface area contributed by atoms with Crippen molar-refractivity contribution in [1.82, 2.24) is 0 Å². The van der Waals surface area contributed by atoms with Crippen molar-refractivity contribution in [2.24, 2.45) is 23.7 Å². The molecule has 0 aromatic heterocycles. The van der Waals surface area contributed by atoms with E-state index in [4.69, 9.17) is 19.7 Å². The summed E-state index contributed by atoms with van der Waals surface area (Å²) in [6.45, 7) is 5.09. The molecule has 6 atom stereocenters. The lowest BCUT2D eigenvalue weighted by atomic mass is 9.53. The molecule has 0 spiro atoms. The number of aliphatic carboxylic acids is 2. The molecule has 6 unspecified atom stereocenters. The fourth-order valence-electron chi connectivity index (χ4n) is 8.17. The molecule has 0 heterocycles. The van der Waals surface area contributed by atoms with E-state index in [-0.39, 0.29) is 43.7 Å². The lowest BCUT2D eigenvalue weighted by Crippen LogP contribution is -2.49. The largest absolute Gasteiger partial charge is 0.481 e. The second-order valence-electron chi connectivity index (χ2n) is 12.0. The highest BCUT2D eigenvalue weighted by atomic mass is 16.5. The van der Waals surface area contributed by atoms with Gasteiger partial charge >= 0.3 is 11.9 Å². The van der Waals surface area contributed by atoms with E-state index >= 15 is 0 Å². The van der Waals surface area contributed by atoms with Crippen LogP contribution < -0.4 is 0 Å². The van der Waals surface area contributed by atoms with Crippen LogP contribution in [0.2, 0.25) is 0 Å². The molecule has 0 amide bonds. The van der Waals surface area contributed by atoms with E-state index in [2.05, 4.69) is 62.4 Å². The Morgan fingerprint density at radius 1 is 0.718 bits per heavy atom. The van der Waals surface area contributed by atoms with Crippen molar-refractivity contribution in [2.75, 3.05) is 13.2 Å². The van der Waals surface area contributed by atoms with Gasteiger partial charge in [-0.05, 0) is 84.5 Å². The van der Waals surface area contributed by atoms with Gasteiger partial charge in [0.1, 0.15) is 0 Å². The van der Waals surface area contributed by atoms with Crippen molar-refractivity contribution in [3.8, 4) is 11.1 Å². The lowest BCUT2D eigenvalue weighted by Gasteiger charge is -2.52. The normalized spacial score (nSPS) is 29.4. The van der Waals surface area contributed by atoms with E-state index in [0.717, 1.165) is 38.5 Å². The molecule has 2 fully saturated rings. The summed E-state index contributed by atoms with van der Waals surface area (Å²) in [6.07, 6.45) is 6.38. The van der Waals surface area contributed by atoms with E-state index in [1.807, 2.05) is 0 Å². The van der Waals surface area contributed by atoms with E-state index in [0.29, 0.717) is 23.7 Å². The Morgan fingerprint density at radius 2 is 1.13 bits per heavy atom. The van der Waals surface area contributed by atoms with E-state index in [1.54, 1.807) is 0 Å². The van der Waals surface area contributed by atoms with Crippen molar-refractivity contribution in [3.63, 3.8) is 0 Å². The summed E-state index contributed by atoms with van der Waals surface area (Å²) in [4.78, 5) is 22.0. The van der Waals surface area contributed by atoms with Crippen molar-refractivity contribution in [2.45, 2.75) is 82.8 Å². The number of carbonyl (C=O) groups is 2. The summed E-state index contributed by atoms with van der Waals surface area (Å²) in [5, 5.41) is 18.1. The maximum Gasteiger partial charge on any atom is 0.305 e. The number of hydrogen-bond acceptors (Lipinski definition) is 4. The van der Waals surface area contributed by atoms with Crippen LogP contribution in [0.25, 0.3) is 11.1 Å². The van der Waals surface area contributed by atoms with Gasteiger partial charge in [0.2, 0.25) is 0 Å². The standard InChI is InChI=1S/C33H42O6/c1-21-19-23(11-13-29(21)38-17-15-31(34)35)33(24-12-14-30(22(2)20-24)39-18-16-32(36)37)27-9-5-3-7-25(27)26-8-4-6-10-28(26)33/h3-10,21-24,29-30H,11-20H2,1-2H3,(H,34,35)(H,36,37). The van der Waals surface area contributed by atoms with Crippen LogP contribution in [-0.4, -0.2) is 47.6 Å². The maximum absolute atomic E-state index is 11.0. The SMILES string of the molecule is CC1CC(C2(C3CCC(OCCC(=O)O)C(C)C3)c3ccccc3-c3ccccc32)CCC1OCCC(=O)O. The molecule has 5 rings (SSSR count). The molecule has 0 bridgehead atoms. The zero-order valence-electron chi connectivity index (χ0n) is 23.2. The molecule has 0 aliphatic heterocycles. The highest BCUT2D eigenvalue weighted by molar-refractivity contribution is 5.81. The summed E-state index contributed by atoms with van der Waals surface area (Å²) >= 11 is 0. The quantitative estimate of drug-likeness (QED) is 0.359. The van der Waals surface area contributed by atoms with Crippen LogP contribution in [0.5, 0.6) is 0 Å². The van der Waals surface area contributed by atoms with Gasteiger partial charge in [0.25, 0.3) is 0 Å². The first-order chi connectivity index (χ1) is 18.8. The Labute approximate surface area is 231 Å². The molecule has 6 nitrogen and oxygen atoms in total. The average Bonchev–Trinajstić information content (AvgIpc) is 3.21. The van der Waals surface area contributed by atoms with Gasteiger partial charge in [0.05, 0.1) is 38.3 Å². The van der Waals surface area contributed by atoms with Crippen LogP contribution in [0.3, 0.4) is 0 Å². The van der Waals surface area contributed by atoms with Crippen molar-refractivity contribution in [1.29, 1.82) is 0 Å². The van der Waals surface area contributed by atoms with Crippen LogP contribution in [0.1, 0.15) is 76.3 Å². The molecular formula is C33H42O6. The molecule has 2 aromatic rings. The van der Waals surface area contributed by atoms with E-state index in [9.17, 15) is 9.59 Å². The van der Waals surface area contributed by atoms with E-state index in [1.165, 1.54) is 22.3 Å². The van der Waals surface area contributed by atoms with Gasteiger partial charge in [-0.25, -0.2) is 0 Å². The number of carboxylic acid groups (broad SMARTS) is 2. The minimum Gasteiger partial charge on any atom is -0.481 e. The Hall–Kier alpha value is -2.70. The first kappa shape index (κ1) is 27.9. The summed E-state index contributed by atoms with van der Waals surface area (Å²) in [7, 11) is 0. The number of rotatable bonds is 10. The third kappa shape index (κ3) is 5.38. The zero-order chi connectivity index (χ0) is 27.6. The molecule has 39 heavy (non-hydrogen) atoms. The Bertz CT molecular complexity index is 1080. The Morgan fingerprint density at radius 3 is 1.51 bits per heavy atom. The molecule has 210 valence electrons. The second kappa shape index (κ2) is 11.8. The topological polar surface area (TPSA) is 93.1 Å². The zero-order valence-corrected chi connectivity index (χ0v) is 23.2. The Kier molecular flexibility index (Phi) is 8.43. The fourth-order valence-corrected chi connectivity index (χ4v) is 8.17. The maximum atomic E-state index is 11.0. The van der Waals surface area contributed by atoms with Gasteiger partial charge in [-0.2, -0.15) is 0 Å². The van der Waals surface area contributed by atoms with Crippen molar-refractivity contribution >= 4 is 11.9 Å². The smallest absolute Gasteiger partial charge is 0.305 e. The summed E-state index contributed by atoms with van der Waals surface area (Å²) in [6, 6.07) is 18.0. The number of benzene rings is 2. The molecule has 3 aliphatic carbocycles. The summed E-state index contributed by atoms with van der Waals surface area (Å²) in [5.41, 5.74) is 5.53. The average molecular weight is 535 g/mol. The molecule has 0 saturated heterocycles. The van der Waals surface area contributed by atoms with Gasteiger partial charge in [-0.1, -0.05) is 62.4 Å². The number of hydrogen-bond donors (Lipinski definition) is 2. The van der Waals surface area contributed by atoms with Crippen LogP contribution >= 0.6 is 0 Å². The van der Waals surface area contributed by atoms with Crippen molar-refractivity contribution in [3.05, 3.63) is 59.7 Å². The monoisotopic (exact) mass is 534 g/mol. The van der Waals surface area contributed by atoms with Crippen LogP contribution in [0.4, 0.5) is 0 Å². The number of ether oxygens (including phenoxy) is 2. The Balaban J connectivity index is 1.46. The predicted molar refractivity (Wildman–Crippen MR) is 150 cm³/mol. The highest BCUT2D eigenvalue weighted by Crippen LogP contribution is 2.62. The van der Waals surface area contributed by atoms with Crippen LogP contribution in [-0.2, 0) is 24.5 Å². The van der Waals surface area contributed by atoms with Gasteiger partial charge in [-0.15, -0.1) is 0 Å². The first-order valence-electron chi connectivity index (χ1n) is 14.7. The van der Waals surface area contributed by atoms with Crippen molar-refractivity contribution < 1.29 is 29.3 Å². The molecule has 3 aliphatic rings. The molecule has 6 heteroatoms. The molecule has 2 saturated carbocycles. The highest BCUT2D eigenvalue weighted by Gasteiger charge is 2.55. The van der Waals surface area contributed by atoms with Gasteiger partial charge in [-0.3, -0.25) is 9.59 Å². The molecule has 2 aromatic carbocycles. The third-order valence-electron chi connectivity index (χ3n) is 9.80. The second-order valence-corrected chi connectivity index (χ2v) is 12.0.